The van der Waals surface area contributed by atoms with Crippen LogP contribution >= 0.6 is 11.3 Å². The molecule has 0 spiro atoms. The van der Waals surface area contributed by atoms with Gasteiger partial charge in [-0.05, 0) is 17.7 Å². The Kier molecular flexibility index (Phi) is 4.30. The third-order valence-electron chi connectivity index (χ3n) is 4.99. The van der Waals surface area contributed by atoms with E-state index in [4.69, 9.17) is 0 Å². The smallest absolute Gasteiger partial charge is 0.257 e. The fourth-order valence-electron chi connectivity index (χ4n) is 3.51. The van der Waals surface area contributed by atoms with Crippen LogP contribution in [0.15, 0.2) is 78.9 Å². The summed E-state index contributed by atoms with van der Waals surface area (Å²) < 4.78 is 0. The standard InChI is InChI=1S/C24H16N2O2S/c27-22(15-6-2-1-3-7-15)16-10-12-17(13-11-16)23(28)26-24-25-21-19-9-5-4-8-18(19)14-20(21)29-24/h1-13H,14H2,(H,25,26,28). The minimum Gasteiger partial charge on any atom is -0.298 e. The molecule has 1 heterocycles. The monoisotopic (exact) mass is 396 g/mol. The Morgan fingerprint density at radius 2 is 1.45 bits per heavy atom. The molecule has 0 bridgehead atoms. The third-order valence-corrected chi connectivity index (χ3v) is 5.96. The quantitative estimate of drug-likeness (QED) is 0.425. The van der Waals surface area contributed by atoms with Crippen molar-refractivity contribution in [2.24, 2.45) is 0 Å². The first kappa shape index (κ1) is 17.5. The first-order valence-corrected chi connectivity index (χ1v) is 10.1. The number of benzene rings is 3. The Morgan fingerprint density at radius 3 is 2.24 bits per heavy atom. The van der Waals surface area contributed by atoms with E-state index >= 15 is 0 Å². The summed E-state index contributed by atoms with van der Waals surface area (Å²) in [6.07, 6.45) is 0.856. The van der Waals surface area contributed by atoms with E-state index in [-0.39, 0.29) is 11.7 Å². The second-order valence-electron chi connectivity index (χ2n) is 6.85. The molecule has 4 nitrogen and oxygen atoms in total. The van der Waals surface area contributed by atoms with Crippen molar-refractivity contribution in [2.75, 3.05) is 5.32 Å². The minimum atomic E-state index is -0.232. The van der Waals surface area contributed by atoms with Gasteiger partial charge in [0, 0.05) is 33.6 Å². The summed E-state index contributed by atoms with van der Waals surface area (Å²) in [5.41, 5.74) is 5.05. The Hall–Kier alpha value is -3.57. The predicted molar refractivity (Wildman–Crippen MR) is 115 cm³/mol. The van der Waals surface area contributed by atoms with Crippen molar-refractivity contribution in [1.29, 1.82) is 0 Å². The van der Waals surface area contributed by atoms with Crippen molar-refractivity contribution in [1.82, 2.24) is 4.98 Å². The van der Waals surface area contributed by atoms with Crippen LogP contribution in [0.4, 0.5) is 5.13 Å². The van der Waals surface area contributed by atoms with Crippen LogP contribution in [0.5, 0.6) is 0 Å². The maximum absolute atomic E-state index is 12.6. The fraction of sp³-hybridized carbons (Fsp3) is 0.0417. The summed E-state index contributed by atoms with van der Waals surface area (Å²) >= 11 is 1.51. The van der Waals surface area contributed by atoms with Crippen LogP contribution in [-0.2, 0) is 6.42 Å². The molecule has 140 valence electrons. The number of nitrogens with zero attached hydrogens (tertiary/aromatic N) is 1. The summed E-state index contributed by atoms with van der Waals surface area (Å²) in [4.78, 5) is 30.9. The number of fused-ring (bicyclic) bond motifs is 3. The molecule has 5 heteroatoms. The molecule has 1 amide bonds. The lowest BCUT2D eigenvalue weighted by atomic mass is 10.0. The van der Waals surface area contributed by atoms with E-state index in [1.807, 2.05) is 30.3 Å². The molecule has 3 aromatic carbocycles. The molecular weight excluding hydrogens is 380 g/mol. The van der Waals surface area contributed by atoms with E-state index in [0.29, 0.717) is 21.8 Å². The number of hydrogen-bond donors (Lipinski definition) is 1. The highest BCUT2D eigenvalue weighted by Gasteiger charge is 2.23. The van der Waals surface area contributed by atoms with Crippen molar-refractivity contribution >= 4 is 28.2 Å². The number of rotatable bonds is 4. The Balaban J connectivity index is 1.32. The molecular formula is C24H16N2O2S. The zero-order valence-electron chi connectivity index (χ0n) is 15.4. The molecule has 0 aliphatic heterocycles. The molecule has 0 fully saturated rings. The Labute approximate surface area is 171 Å². The number of nitrogens with one attached hydrogen (secondary N) is 1. The van der Waals surface area contributed by atoms with Crippen molar-refractivity contribution in [3.8, 4) is 11.3 Å². The number of anilines is 1. The van der Waals surface area contributed by atoms with Gasteiger partial charge < -0.3 is 0 Å². The van der Waals surface area contributed by atoms with Gasteiger partial charge in [0.05, 0.1) is 5.69 Å². The highest BCUT2D eigenvalue weighted by molar-refractivity contribution is 7.16. The molecule has 5 rings (SSSR count). The maximum Gasteiger partial charge on any atom is 0.257 e. The molecule has 1 aliphatic rings. The van der Waals surface area contributed by atoms with Gasteiger partial charge in [-0.25, -0.2) is 4.98 Å². The lowest BCUT2D eigenvalue weighted by Gasteiger charge is -2.05. The molecule has 0 atom stereocenters. The van der Waals surface area contributed by atoms with Crippen molar-refractivity contribution < 1.29 is 9.59 Å². The molecule has 1 N–H and O–H groups in total. The summed E-state index contributed by atoms with van der Waals surface area (Å²) in [6.45, 7) is 0. The molecule has 1 aliphatic carbocycles. The maximum atomic E-state index is 12.6. The summed E-state index contributed by atoms with van der Waals surface area (Å²) in [7, 11) is 0. The van der Waals surface area contributed by atoms with Gasteiger partial charge in [-0.3, -0.25) is 14.9 Å². The molecule has 29 heavy (non-hydrogen) atoms. The van der Waals surface area contributed by atoms with E-state index in [1.54, 1.807) is 36.4 Å². The Morgan fingerprint density at radius 1 is 0.793 bits per heavy atom. The van der Waals surface area contributed by atoms with Crippen molar-refractivity contribution in [3.05, 3.63) is 106 Å². The van der Waals surface area contributed by atoms with Gasteiger partial charge >= 0.3 is 0 Å². The molecule has 0 saturated heterocycles. The second kappa shape index (κ2) is 7.11. The third kappa shape index (κ3) is 3.26. The summed E-state index contributed by atoms with van der Waals surface area (Å²) in [5.74, 6) is -0.294. The average Bonchev–Trinajstić information content (AvgIpc) is 3.31. The zero-order chi connectivity index (χ0) is 19.8. The molecule has 0 saturated carbocycles. The molecule has 4 aromatic rings. The largest absolute Gasteiger partial charge is 0.298 e. The molecule has 1 aromatic heterocycles. The zero-order valence-corrected chi connectivity index (χ0v) is 16.2. The van der Waals surface area contributed by atoms with Crippen molar-refractivity contribution in [3.63, 3.8) is 0 Å². The molecule has 0 radical (unpaired) electrons. The number of aromatic nitrogens is 1. The van der Waals surface area contributed by atoms with E-state index < -0.39 is 0 Å². The van der Waals surface area contributed by atoms with Gasteiger partial charge in [0.1, 0.15) is 0 Å². The number of hydrogen-bond acceptors (Lipinski definition) is 4. The SMILES string of the molecule is O=C(Nc1nc2c(s1)Cc1ccccc1-2)c1ccc(C(=O)c2ccccc2)cc1. The van der Waals surface area contributed by atoms with Gasteiger partial charge in [-0.2, -0.15) is 0 Å². The predicted octanol–water partition coefficient (Wildman–Crippen LogP) is 5.20. The lowest BCUT2D eigenvalue weighted by molar-refractivity contribution is 0.102. The van der Waals surface area contributed by atoms with E-state index in [2.05, 4.69) is 22.4 Å². The van der Waals surface area contributed by atoms with Crippen LogP contribution in [0.2, 0.25) is 0 Å². The van der Waals surface area contributed by atoms with Crippen molar-refractivity contribution in [2.45, 2.75) is 6.42 Å². The van der Waals surface area contributed by atoms with Crippen LogP contribution in [0.3, 0.4) is 0 Å². The first-order chi connectivity index (χ1) is 14.2. The van der Waals surface area contributed by atoms with Gasteiger partial charge in [-0.15, -0.1) is 11.3 Å². The molecule has 0 unspecified atom stereocenters. The van der Waals surface area contributed by atoms with Gasteiger partial charge in [0.25, 0.3) is 5.91 Å². The minimum absolute atomic E-state index is 0.0624. The van der Waals surface area contributed by atoms with Gasteiger partial charge in [-0.1, -0.05) is 66.7 Å². The van der Waals surface area contributed by atoms with Crippen LogP contribution in [-0.4, -0.2) is 16.7 Å². The second-order valence-corrected chi connectivity index (χ2v) is 7.93. The summed E-state index contributed by atoms with van der Waals surface area (Å²) in [5, 5.41) is 3.48. The van der Waals surface area contributed by atoms with Crippen LogP contribution in [0.25, 0.3) is 11.3 Å². The van der Waals surface area contributed by atoms with Crippen LogP contribution < -0.4 is 5.32 Å². The van der Waals surface area contributed by atoms with Gasteiger partial charge in [0.2, 0.25) is 0 Å². The van der Waals surface area contributed by atoms with E-state index in [1.165, 1.54) is 21.8 Å². The fourth-order valence-corrected chi connectivity index (χ4v) is 4.51. The first-order valence-electron chi connectivity index (χ1n) is 9.28. The van der Waals surface area contributed by atoms with Gasteiger partial charge in [0.15, 0.2) is 10.9 Å². The highest BCUT2D eigenvalue weighted by atomic mass is 32.1. The number of ketones is 1. The number of carbonyl (C=O) groups excluding carboxylic acids is 2. The van der Waals surface area contributed by atoms with Crippen LogP contribution in [0, 0.1) is 0 Å². The topological polar surface area (TPSA) is 59.1 Å². The van der Waals surface area contributed by atoms with E-state index in [0.717, 1.165) is 17.7 Å². The number of thiazole rings is 1. The summed E-state index contributed by atoms with van der Waals surface area (Å²) in [6, 6.07) is 24.0. The van der Waals surface area contributed by atoms with Crippen LogP contribution in [0.1, 0.15) is 36.7 Å². The van der Waals surface area contributed by atoms with E-state index in [9.17, 15) is 9.59 Å². The number of carbonyl (C=O) groups is 2. The normalized spacial score (nSPS) is 11.6. The average molecular weight is 396 g/mol. The lowest BCUT2D eigenvalue weighted by Crippen LogP contribution is -2.12. The Bertz CT molecular complexity index is 1230. The number of amides is 1. The highest BCUT2D eigenvalue weighted by Crippen LogP contribution is 2.40.